The molecule has 1 aromatic rings. The Kier molecular flexibility index (Phi) is 4.01. The van der Waals surface area contributed by atoms with Gasteiger partial charge in [0.1, 0.15) is 5.82 Å². The van der Waals surface area contributed by atoms with E-state index in [0.717, 1.165) is 44.2 Å². The Balaban J connectivity index is 2.44. The van der Waals surface area contributed by atoms with E-state index in [-0.39, 0.29) is 0 Å². The molecule has 1 N–H and O–H groups in total. The second kappa shape index (κ2) is 5.52. The Morgan fingerprint density at radius 2 is 2.00 bits per heavy atom. The number of fused-ring (bicyclic) bond motifs is 1. The normalized spacial score (nSPS) is 14.2. The van der Waals surface area contributed by atoms with Crippen LogP contribution in [0.25, 0.3) is 0 Å². The average Bonchev–Trinajstić information content (AvgIpc) is 2.37. The van der Waals surface area contributed by atoms with Crippen molar-refractivity contribution < 1.29 is 0 Å². The molecule has 5 heteroatoms. The monoisotopic (exact) mass is 249 g/mol. The van der Waals surface area contributed by atoms with Crippen LogP contribution in [-0.2, 0) is 13.0 Å². The SMILES string of the molecule is CCCN(C)c1nc(N(C)C)nc2c1CNCC2. The van der Waals surface area contributed by atoms with Gasteiger partial charge in [-0.15, -0.1) is 0 Å². The van der Waals surface area contributed by atoms with Crippen molar-refractivity contribution in [2.45, 2.75) is 26.3 Å². The molecule has 2 rings (SSSR count). The van der Waals surface area contributed by atoms with Crippen molar-refractivity contribution in [3.05, 3.63) is 11.3 Å². The highest BCUT2D eigenvalue weighted by molar-refractivity contribution is 5.53. The molecule has 0 bridgehead atoms. The number of hydrogen-bond acceptors (Lipinski definition) is 5. The summed E-state index contributed by atoms with van der Waals surface area (Å²) in [5, 5.41) is 3.41. The smallest absolute Gasteiger partial charge is 0.227 e. The molecule has 2 heterocycles. The molecule has 0 atom stereocenters. The quantitative estimate of drug-likeness (QED) is 0.863. The molecular weight excluding hydrogens is 226 g/mol. The summed E-state index contributed by atoms with van der Waals surface area (Å²) >= 11 is 0. The first-order valence-corrected chi connectivity index (χ1v) is 6.62. The van der Waals surface area contributed by atoms with Crippen molar-refractivity contribution in [2.24, 2.45) is 0 Å². The lowest BCUT2D eigenvalue weighted by Gasteiger charge is -2.26. The summed E-state index contributed by atoms with van der Waals surface area (Å²) in [5.74, 6) is 1.89. The van der Waals surface area contributed by atoms with E-state index in [4.69, 9.17) is 4.98 Å². The van der Waals surface area contributed by atoms with Crippen LogP contribution in [0.1, 0.15) is 24.6 Å². The van der Waals surface area contributed by atoms with Crippen LogP contribution >= 0.6 is 0 Å². The van der Waals surface area contributed by atoms with Gasteiger partial charge >= 0.3 is 0 Å². The Morgan fingerprint density at radius 3 is 2.67 bits per heavy atom. The molecule has 1 aliphatic heterocycles. The highest BCUT2D eigenvalue weighted by Crippen LogP contribution is 2.25. The number of nitrogens with zero attached hydrogens (tertiary/aromatic N) is 4. The zero-order valence-electron chi connectivity index (χ0n) is 11.8. The lowest BCUT2D eigenvalue weighted by molar-refractivity contribution is 0.622. The van der Waals surface area contributed by atoms with Gasteiger partial charge in [-0.2, -0.15) is 4.98 Å². The highest BCUT2D eigenvalue weighted by atomic mass is 15.3. The Hall–Kier alpha value is -1.36. The molecular formula is C13H23N5. The molecule has 0 aliphatic carbocycles. The van der Waals surface area contributed by atoms with Crippen LogP contribution < -0.4 is 15.1 Å². The van der Waals surface area contributed by atoms with Crippen molar-refractivity contribution in [2.75, 3.05) is 44.0 Å². The standard InChI is InChI=1S/C13H23N5/c1-5-8-18(4)12-10-9-14-7-6-11(10)15-13(16-12)17(2)3/h14H,5-9H2,1-4H3. The molecule has 0 saturated heterocycles. The number of rotatable bonds is 4. The molecule has 18 heavy (non-hydrogen) atoms. The summed E-state index contributed by atoms with van der Waals surface area (Å²) in [6.45, 7) is 5.10. The molecule has 1 aliphatic rings. The molecule has 0 fully saturated rings. The summed E-state index contributed by atoms with van der Waals surface area (Å²) in [4.78, 5) is 13.6. The topological polar surface area (TPSA) is 44.3 Å². The van der Waals surface area contributed by atoms with Crippen molar-refractivity contribution in [1.29, 1.82) is 0 Å². The predicted molar refractivity (Wildman–Crippen MR) is 75.3 cm³/mol. The number of hydrogen-bond donors (Lipinski definition) is 1. The second-order valence-corrected chi connectivity index (χ2v) is 5.02. The first-order chi connectivity index (χ1) is 8.63. The fourth-order valence-electron chi connectivity index (χ4n) is 2.27. The molecule has 1 aromatic heterocycles. The largest absolute Gasteiger partial charge is 0.359 e. The van der Waals surface area contributed by atoms with Crippen LogP contribution in [0.2, 0.25) is 0 Å². The van der Waals surface area contributed by atoms with Crippen molar-refractivity contribution in [1.82, 2.24) is 15.3 Å². The minimum Gasteiger partial charge on any atom is -0.359 e. The van der Waals surface area contributed by atoms with E-state index in [1.807, 2.05) is 19.0 Å². The van der Waals surface area contributed by atoms with Gasteiger partial charge in [-0.3, -0.25) is 0 Å². The zero-order chi connectivity index (χ0) is 13.1. The lowest BCUT2D eigenvalue weighted by Crippen LogP contribution is -2.30. The fourth-order valence-corrected chi connectivity index (χ4v) is 2.27. The lowest BCUT2D eigenvalue weighted by atomic mass is 10.1. The van der Waals surface area contributed by atoms with Gasteiger partial charge in [-0.05, 0) is 6.42 Å². The van der Waals surface area contributed by atoms with Gasteiger partial charge in [0, 0.05) is 52.8 Å². The van der Waals surface area contributed by atoms with E-state index >= 15 is 0 Å². The summed E-state index contributed by atoms with van der Waals surface area (Å²) in [5.41, 5.74) is 2.47. The van der Waals surface area contributed by atoms with Gasteiger partial charge in [-0.1, -0.05) is 6.92 Å². The van der Waals surface area contributed by atoms with E-state index < -0.39 is 0 Å². The van der Waals surface area contributed by atoms with E-state index in [1.165, 1.54) is 11.3 Å². The average molecular weight is 249 g/mol. The van der Waals surface area contributed by atoms with E-state index in [2.05, 4.69) is 29.2 Å². The van der Waals surface area contributed by atoms with Crippen molar-refractivity contribution in [3.8, 4) is 0 Å². The van der Waals surface area contributed by atoms with Crippen molar-refractivity contribution in [3.63, 3.8) is 0 Å². The van der Waals surface area contributed by atoms with Gasteiger partial charge in [0.15, 0.2) is 0 Å². The Morgan fingerprint density at radius 1 is 1.22 bits per heavy atom. The van der Waals surface area contributed by atoms with Crippen molar-refractivity contribution >= 4 is 11.8 Å². The molecule has 0 unspecified atom stereocenters. The zero-order valence-corrected chi connectivity index (χ0v) is 11.8. The second-order valence-electron chi connectivity index (χ2n) is 5.02. The van der Waals surface area contributed by atoms with E-state index in [9.17, 15) is 0 Å². The first kappa shape index (κ1) is 13.1. The highest BCUT2D eigenvalue weighted by Gasteiger charge is 2.20. The third kappa shape index (κ3) is 2.56. The van der Waals surface area contributed by atoms with E-state index in [1.54, 1.807) is 0 Å². The number of aromatic nitrogens is 2. The summed E-state index contributed by atoms with van der Waals surface area (Å²) in [6.07, 6.45) is 2.12. The van der Waals surface area contributed by atoms with Crippen LogP contribution in [0.4, 0.5) is 11.8 Å². The first-order valence-electron chi connectivity index (χ1n) is 6.62. The van der Waals surface area contributed by atoms with Gasteiger partial charge in [0.25, 0.3) is 0 Å². The van der Waals surface area contributed by atoms with Gasteiger partial charge in [0.05, 0.1) is 5.69 Å². The van der Waals surface area contributed by atoms with Gasteiger partial charge in [0.2, 0.25) is 5.95 Å². The Bertz CT molecular complexity index is 416. The van der Waals surface area contributed by atoms with Crippen LogP contribution in [0.3, 0.4) is 0 Å². The minimum absolute atomic E-state index is 0.814. The van der Waals surface area contributed by atoms with Crippen LogP contribution in [0, 0.1) is 0 Å². The predicted octanol–water partition coefficient (Wildman–Crippen LogP) is 1.03. The van der Waals surface area contributed by atoms with E-state index in [0.29, 0.717) is 0 Å². The Labute approximate surface area is 109 Å². The van der Waals surface area contributed by atoms with Crippen LogP contribution in [-0.4, -0.2) is 44.2 Å². The number of nitrogens with one attached hydrogen (secondary N) is 1. The van der Waals surface area contributed by atoms with Crippen LogP contribution in [0.15, 0.2) is 0 Å². The van der Waals surface area contributed by atoms with Gasteiger partial charge < -0.3 is 15.1 Å². The van der Waals surface area contributed by atoms with Crippen LogP contribution in [0.5, 0.6) is 0 Å². The van der Waals surface area contributed by atoms with Gasteiger partial charge in [-0.25, -0.2) is 4.98 Å². The summed E-state index contributed by atoms with van der Waals surface area (Å²) in [7, 11) is 6.10. The summed E-state index contributed by atoms with van der Waals surface area (Å²) in [6, 6.07) is 0. The summed E-state index contributed by atoms with van der Waals surface area (Å²) < 4.78 is 0. The minimum atomic E-state index is 0.814. The molecule has 0 spiro atoms. The maximum Gasteiger partial charge on any atom is 0.227 e. The third-order valence-corrected chi connectivity index (χ3v) is 3.22. The fraction of sp³-hybridized carbons (Fsp3) is 0.692. The molecule has 0 radical (unpaired) electrons. The maximum absolute atomic E-state index is 4.70. The molecule has 100 valence electrons. The number of anilines is 2. The molecule has 0 amide bonds. The maximum atomic E-state index is 4.70. The molecule has 0 saturated carbocycles. The molecule has 0 aromatic carbocycles. The molecule has 5 nitrogen and oxygen atoms in total. The third-order valence-electron chi connectivity index (χ3n) is 3.22.